The fourth-order valence-electron chi connectivity index (χ4n) is 2.10. The highest BCUT2D eigenvalue weighted by molar-refractivity contribution is 5.41. The first kappa shape index (κ1) is 14.3. The maximum atomic E-state index is 5.18. The van der Waals surface area contributed by atoms with Crippen LogP contribution < -0.4 is 10.2 Å². The van der Waals surface area contributed by atoms with Crippen LogP contribution in [-0.2, 0) is 11.3 Å². The molecule has 1 aromatic rings. The van der Waals surface area contributed by atoms with Crippen LogP contribution in [0.1, 0.15) is 32.3 Å². The van der Waals surface area contributed by atoms with Gasteiger partial charge >= 0.3 is 0 Å². The largest absolute Gasteiger partial charge is 0.383 e. The first-order chi connectivity index (χ1) is 9.20. The monoisotopic (exact) mass is 263 g/mol. The van der Waals surface area contributed by atoms with E-state index < -0.39 is 0 Å². The van der Waals surface area contributed by atoms with Crippen molar-refractivity contribution in [1.82, 2.24) is 10.3 Å². The van der Waals surface area contributed by atoms with Gasteiger partial charge in [0.15, 0.2) is 0 Å². The zero-order valence-electron chi connectivity index (χ0n) is 12.2. The first-order valence-electron chi connectivity index (χ1n) is 7.14. The lowest BCUT2D eigenvalue weighted by Crippen LogP contribution is -2.34. The summed E-state index contributed by atoms with van der Waals surface area (Å²) in [7, 11) is 1.74. The third-order valence-electron chi connectivity index (χ3n) is 3.44. The Bertz CT molecular complexity index is 391. The summed E-state index contributed by atoms with van der Waals surface area (Å²) in [4.78, 5) is 6.78. The molecule has 1 aliphatic carbocycles. The van der Waals surface area contributed by atoms with E-state index in [2.05, 4.69) is 41.2 Å². The summed E-state index contributed by atoms with van der Waals surface area (Å²) < 4.78 is 5.18. The second-order valence-electron chi connectivity index (χ2n) is 5.46. The lowest BCUT2D eigenvalue weighted by atomic mass is 10.2. The number of hydrogen-bond donors (Lipinski definition) is 1. The lowest BCUT2D eigenvalue weighted by molar-refractivity contribution is 0.203. The van der Waals surface area contributed by atoms with E-state index >= 15 is 0 Å². The van der Waals surface area contributed by atoms with Crippen LogP contribution in [0.2, 0.25) is 0 Å². The fraction of sp³-hybridized carbons (Fsp3) is 0.667. The zero-order valence-corrected chi connectivity index (χ0v) is 12.2. The fourth-order valence-corrected chi connectivity index (χ4v) is 2.10. The van der Waals surface area contributed by atoms with Crippen molar-refractivity contribution in [3.8, 4) is 0 Å². The molecule has 4 nitrogen and oxygen atoms in total. The summed E-state index contributed by atoms with van der Waals surface area (Å²) in [6.07, 6.45) is 4.55. The molecule has 0 unspecified atom stereocenters. The number of hydrogen-bond acceptors (Lipinski definition) is 4. The Morgan fingerprint density at radius 3 is 2.89 bits per heavy atom. The van der Waals surface area contributed by atoms with E-state index in [1.54, 1.807) is 7.11 Å². The van der Waals surface area contributed by atoms with E-state index in [4.69, 9.17) is 4.74 Å². The number of pyridine rings is 1. The normalized spacial score (nSPS) is 14.9. The third-order valence-corrected chi connectivity index (χ3v) is 3.44. The second kappa shape index (κ2) is 6.87. The highest BCUT2D eigenvalue weighted by Gasteiger charge is 2.20. The van der Waals surface area contributed by atoms with Crippen molar-refractivity contribution in [2.45, 2.75) is 45.3 Å². The minimum absolute atomic E-state index is 0.425. The summed E-state index contributed by atoms with van der Waals surface area (Å²) in [6.45, 7) is 6.92. The first-order valence-corrected chi connectivity index (χ1v) is 7.14. The second-order valence-corrected chi connectivity index (χ2v) is 5.46. The number of rotatable bonds is 8. The molecule has 1 aliphatic rings. The molecule has 1 N–H and O–H groups in total. The Morgan fingerprint density at radius 2 is 2.26 bits per heavy atom. The molecule has 2 rings (SSSR count). The van der Waals surface area contributed by atoms with Crippen molar-refractivity contribution in [2.75, 3.05) is 25.2 Å². The van der Waals surface area contributed by atoms with Gasteiger partial charge in [0.25, 0.3) is 0 Å². The maximum Gasteiger partial charge on any atom is 0.129 e. The maximum absolute atomic E-state index is 5.18. The molecule has 0 bridgehead atoms. The summed E-state index contributed by atoms with van der Waals surface area (Å²) in [5, 5.41) is 3.54. The number of anilines is 1. The van der Waals surface area contributed by atoms with Gasteiger partial charge in [-0.05, 0) is 44.4 Å². The van der Waals surface area contributed by atoms with Crippen molar-refractivity contribution in [3.63, 3.8) is 0 Å². The van der Waals surface area contributed by atoms with E-state index in [1.165, 1.54) is 18.4 Å². The van der Waals surface area contributed by atoms with E-state index in [9.17, 15) is 0 Å². The van der Waals surface area contributed by atoms with Crippen molar-refractivity contribution in [1.29, 1.82) is 0 Å². The van der Waals surface area contributed by atoms with Crippen LogP contribution in [0, 0.1) is 0 Å². The molecule has 0 amide bonds. The van der Waals surface area contributed by atoms with Crippen LogP contribution in [0.4, 0.5) is 5.82 Å². The molecule has 0 radical (unpaired) electrons. The van der Waals surface area contributed by atoms with Crippen molar-refractivity contribution >= 4 is 5.82 Å². The van der Waals surface area contributed by atoms with Gasteiger partial charge in [-0.25, -0.2) is 4.98 Å². The van der Waals surface area contributed by atoms with Gasteiger partial charge in [-0.2, -0.15) is 0 Å². The van der Waals surface area contributed by atoms with Crippen molar-refractivity contribution < 1.29 is 4.74 Å². The number of methoxy groups -OCH3 is 1. The van der Waals surface area contributed by atoms with Gasteiger partial charge in [0.1, 0.15) is 5.82 Å². The van der Waals surface area contributed by atoms with Crippen LogP contribution in [-0.4, -0.2) is 37.3 Å². The highest BCUT2D eigenvalue weighted by atomic mass is 16.5. The molecule has 1 fully saturated rings. The topological polar surface area (TPSA) is 37.4 Å². The minimum Gasteiger partial charge on any atom is -0.383 e. The molecule has 0 spiro atoms. The molecular formula is C15H25N3O. The number of aromatic nitrogens is 1. The predicted octanol–water partition coefficient (Wildman–Crippen LogP) is 2.19. The molecule has 19 heavy (non-hydrogen) atoms. The summed E-state index contributed by atoms with van der Waals surface area (Å²) in [5.41, 5.74) is 1.31. The highest BCUT2D eigenvalue weighted by Crippen LogP contribution is 2.20. The Balaban J connectivity index is 2.00. The molecule has 0 saturated heterocycles. The van der Waals surface area contributed by atoms with E-state index in [0.29, 0.717) is 6.04 Å². The zero-order chi connectivity index (χ0) is 13.7. The molecule has 0 aromatic carbocycles. The number of ether oxygens (including phenoxy) is 1. The van der Waals surface area contributed by atoms with Gasteiger partial charge < -0.3 is 15.0 Å². The van der Waals surface area contributed by atoms with Crippen LogP contribution in [0.5, 0.6) is 0 Å². The van der Waals surface area contributed by atoms with Crippen LogP contribution in [0.15, 0.2) is 18.3 Å². The Labute approximate surface area is 116 Å². The van der Waals surface area contributed by atoms with E-state index in [1.807, 2.05) is 6.20 Å². The Hall–Kier alpha value is -1.13. The van der Waals surface area contributed by atoms with Gasteiger partial charge in [-0.1, -0.05) is 0 Å². The molecule has 0 aliphatic heterocycles. The average molecular weight is 263 g/mol. The van der Waals surface area contributed by atoms with Crippen LogP contribution in [0.3, 0.4) is 0 Å². The smallest absolute Gasteiger partial charge is 0.129 e. The quantitative estimate of drug-likeness (QED) is 0.780. The standard InChI is InChI=1S/C15H25N3O/c1-12(2)18(8-9-19-3)15-10-13(6-7-16-15)11-17-14-4-5-14/h6-7,10,12,14,17H,4-5,8-9,11H2,1-3H3. The van der Waals surface area contributed by atoms with E-state index in [0.717, 1.165) is 31.6 Å². The lowest BCUT2D eigenvalue weighted by Gasteiger charge is -2.27. The predicted molar refractivity (Wildman–Crippen MR) is 78.5 cm³/mol. The number of nitrogens with one attached hydrogen (secondary N) is 1. The number of nitrogens with zero attached hydrogens (tertiary/aromatic N) is 2. The van der Waals surface area contributed by atoms with Crippen LogP contribution >= 0.6 is 0 Å². The molecule has 0 atom stereocenters. The summed E-state index contributed by atoms with van der Waals surface area (Å²) in [6, 6.07) is 5.44. The molecule has 1 saturated carbocycles. The Kier molecular flexibility index (Phi) is 5.16. The average Bonchev–Trinajstić information content (AvgIpc) is 3.21. The van der Waals surface area contributed by atoms with Crippen LogP contribution in [0.25, 0.3) is 0 Å². The van der Waals surface area contributed by atoms with Gasteiger partial charge in [-0.3, -0.25) is 0 Å². The SMILES string of the molecule is COCCN(c1cc(CNC2CC2)ccn1)C(C)C. The molecule has 1 heterocycles. The van der Waals surface area contributed by atoms with Crippen molar-refractivity contribution in [2.24, 2.45) is 0 Å². The van der Waals surface area contributed by atoms with E-state index in [-0.39, 0.29) is 0 Å². The van der Waals surface area contributed by atoms with Gasteiger partial charge in [0.05, 0.1) is 6.61 Å². The molecule has 106 valence electrons. The third kappa shape index (κ3) is 4.48. The summed E-state index contributed by atoms with van der Waals surface area (Å²) >= 11 is 0. The van der Waals surface area contributed by atoms with Crippen molar-refractivity contribution in [3.05, 3.63) is 23.9 Å². The molecular weight excluding hydrogens is 238 g/mol. The van der Waals surface area contributed by atoms with Gasteiger partial charge in [-0.15, -0.1) is 0 Å². The summed E-state index contributed by atoms with van der Waals surface area (Å²) in [5.74, 6) is 1.04. The molecule has 1 aromatic heterocycles. The van der Waals surface area contributed by atoms with Gasteiger partial charge in [0.2, 0.25) is 0 Å². The molecule has 4 heteroatoms. The Morgan fingerprint density at radius 1 is 1.47 bits per heavy atom. The minimum atomic E-state index is 0.425. The van der Waals surface area contributed by atoms with Gasteiger partial charge in [0, 0.05) is 38.5 Å².